The Balaban J connectivity index is 3.17. The van der Waals surface area contributed by atoms with Gasteiger partial charge in [-0.25, -0.2) is 4.79 Å². The van der Waals surface area contributed by atoms with Crippen LogP contribution < -0.4 is 21.7 Å². The molecule has 6 atom stereocenters. The number of benzene rings is 1. The number of hydrogen-bond donors (Lipinski definition) is 8. The number of nitrogens with two attached hydrogens (primary N) is 1. The second-order valence-electron chi connectivity index (χ2n) is 8.57. The minimum atomic E-state index is -1.65. The van der Waals surface area contributed by atoms with E-state index < -0.39 is 72.3 Å². The Labute approximate surface area is 208 Å². The first-order valence-electron chi connectivity index (χ1n) is 11.3. The molecule has 3 amide bonds. The molecule has 1 rings (SSSR count). The summed E-state index contributed by atoms with van der Waals surface area (Å²) in [5, 5.41) is 44.6. The van der Waals surface area contributed by atoms with Gasteiger partial charge in [0.25, 0.3) is 0 Å². The van der Waals surface area contributed by atoms with E-state index in [4.69, 9.17) is 5.73 Å². The van der Waals surface area contributed by atoms with Crippen molar-refractivity contribution in [3.63, 3.8) is 0 Å². The number of carbonyl (C=O) groups is 5. The maximum Gasteiger partial charge on any atom is 0.326 e. The molecule has 13 heteroatoms. The van der Waals surface area contributed by atoms with Crippen molar-refractivity contribution in [2.45, 2.75) is 70.3 Å². The Bertz CT molecular complexity index is 936. The van der Waals surface area contributed by atoms with Gasteiger partial charge in [-0.15, -0.1) is 0 Å². The standard InChI is InChI=1S/C23H34N4O9/c1-4-11(2)19(23(35)36)27-21(33)16(10-17(30)31)25-20(32)15(26-22(34)18(24)12(3)28)9-13-5-7-14(29)8-6-13/h5-8,11-12,15-16,18-19,28-29H,4,9-10,24H2,1-3H3,(H,25,32)(H,26,34)(H,27,33)(H,30,31)(H,35,36). The van der Waals surface area contributed by atoms with Gasteiger partial charge in [0.2, 0.25) is 17.7 Å². The first-order valence-corrected chi connectivity index (χ1v) is 11.3. The predicted molar refractivity (Wildman–Crippen MR) is 127 cm³/mol. The monoisotopic (exact) mass is 510 g/mol. The minimum absolute atomic E-state index is 0.0348. The molecular formula is C23H34N4O9. The molecule has 200 valence electrons. The van der Waals surface area contributed by atoms with E-state index in [1.807, 2.05) is 0 Å². The van der Waals surface area contributed by atoms with E-state index in [0.29, 0.717) is 12.0 Å². The van der Waals surface area contributed by atoms with Crippen molar-refractivity contribution >= 4 is 29.7 Å². The van der Waals surface area contributed by atoms with Gasteiger partial charge in [-0.2, -0.15) is 0 Å². The molecule has 0 aliphatic heterocycles. The SMILES string of the molecule is CCC(C)C(NC(=O)C(CC(=O)O)NC(=O)C(Cc1ccc(O)cc1)NC(=O)C(N)C(C)O)C(=O)O. The molecule has 13 nitrogen and oxygen atoms in total. The molecule has 9 N–H and O–H groups in total. The number of aliphatic hydroxyl groups is 1. The number of phenolic OH excluding ortho intramolecular Hbond substituents is 1. The number of hydrogen-bond acceptors (Lipinski definition) is 8. The summed E-state index contributed by atoms with van der Waals surface area (Å²) in [7, 11) is 0. The molecular weight excluding hydrogens is 476 g/mol. The Morgan fingerprint density at radius 2 is 1.42 bits per heavy atom. The molecule has 1 aromatic carbocycles. The van der Waals surface area contributed by atoms with Crippen LogP contribution in [0.25, 0.3) is 0 Å². The van der Waals surface area contributed by atoms with E-state index in [1.54, 1.807) is 13.8 Å². The van der Waals surface area contributed by atoms with E-state index in [9.17, 15) is 44.4 Å². The fourth-order valence-electron chi connectivity index (χ4n) is 3.16. The highest BCUT2D eigenvalue weighted by Gasteiger charge is 2.33. The number of carboxylic acids is 2. The van der Waals surface area contributed by atoms with E-state index in [1.165, 1.54) is 31.2 Å². The average molecular weight is 511 g/mol. The van der Waals surface area contributed by atoms with E-state index in [0.717, 1.165) is 0 Å². The summed E-state index contributed by atoms with van der Waals surface area (Å²) in [5.41, 5.74) is 6.14. The average Bonchev–Trinajstić information content (AvgIpc) is 2.80. The van der Waals surface area contributed by atoms with Crippen molar-refractivity contribution < 1.29 is 44.4 Å². The zero-order chi connectivity index (χ0) is 27.6. The molecule has 0 aromatic heterocycles. The zero-order valence-electron chi connectivity index (χ0n) is 20.3. The van der Waals surface area contributed by atoms with Crippen molar-refractivity contribution in [3.05, 3.63) is 29.8 Å². The highest BCUT2D eigenvalue weighted by molar-refractivity contribution is 5.95. The number of carbonyl (C=O) groups excluding carboxylic acids is 3. The van der Waals surface area contributed by atoms with Crippen LogP contribution in [0.2, 0.25) is 0 Å². The third-order valence-corrected chi connectivity index (χ3v) is 5.62. The van der Waals surface area contributed by atoms with Gasteiger partial charge in [-0.1, -0.05) is 32.4 Å². The van der Waals surface area contributed by atoms with E-state index in [-0.39, 0.29) is 12.2 Å². The number of carboxylic acid groups (broad SMARTS) is 2. The summed E-state index contributed by atoms with van der Waals surface area (Å²) in [6, 6.07) is 0.0107. The summed E-state index contributed by atoms with van der Waals surface area (Å²) in [6.07, 6.45) is -1.80. The first kappa shape index (κ1) is 30.3. The molecule has 1 aromatic rings. The van der Waals surface area contributed by atoms with Gasteiger partial charge in [0.15, 0.2) is 0 Å². The van der Waals surface area contributed by atoms with Gasteiger partial charge in [0, 0.05) is 6.42 Å². The van der Waals surface area contributed by atoms with Crippen molar-refractivity contribution in [1.29, 1.82) is 0 Å². The van der Waals surface area contributed by atoms with Crippen molar-refractivity contribution in [3.8, 4) is 5.75 Å². The lowest BCUT2D eigenvalue weighted by Crippen LogP contribution is -2.59. The Kier molecular flexibility index (Phi) is 11.8. The van der Waals surface area contributed by atoms with E-state index in [2.05, 4.69) is 16.0 Å². The van der Waals surface area contributed by atoms with Crippen molar-refractivity contribution in [2.75, 3.05) is 0 Å². The lowest BCUT2D eigenvalue weighted by atomic mass is 9.98. The maximum absolute atomic E-state index is 13.1. The van der Waals surface area contributed by atoms with Crippen LogP contribution in [0.5, 0.6) is 5.75 Å². The molecule has 36 heavy (non-hydrogen) atoms. The topological polar surface area (TPSA) is 228 Å². The van der Waals surface area contributed by atoms with Gasteiger partial charge >= 0.3 is 11.9 Å². The number of phenols is 1. The second kappa shape index (κ2) is 14.0. The maximum atomic E-state index is 13.1. The summed E-state index contributed by atoms with van der Waals surface area (Å²) in [5.74, 6) is -6.09. The van der Waals surface area contributed by atoms with Crippen LogP contribution in [0.3, 0.4) is 0 Å². The fourth-order valence-corrected chi connectivity index (χ4v) is 3.16. The number of nitrogens with one attached hydrogen (secondary N) is 3. The third-order valence-electron chi connectivity index (χ3n) is 5.62. The summed E-state index contributed by atoms with van der Waals surface area (Å²) in [4.78, 5) is 61.2. The summed E-state index contributed by atoms with van der Waals surface area (Å²) in [6.45, 7) is 4.60. The second-order valence-corrected chi connectivity index (χ2v) is 8.57. The number of aliphatic carboxylic acids is 2. The predicted octanol–water partition coefficient (Wildman–Crippen LogP) is -1.30. The van der Waals surface area contributed by atoms with Crippen LogP contribution in [0.15, 0.2) is 24.3 Å². The molecule has 0 heterocycles. The Morgan fingerprint density at radius 1 is 0.889 bits per heavy atom. The molecule has 0 spiro atoms. The molecule has 0 saturated heterocycles. The Morgan fingerprint density at radius 3 is 1.89 bits per heavy atom. The third kappa shape index (κ3) is 9.50. The minimum Gasteiger partial charge on any atom is -0.508 e. The molecule has 0 fully saturated rings. The van der Waals surface area contributed by atoms with Crippen LogP contribution in [0, 0.1) is 5.92 Å². The normalized spacial score (nSPS) is 15.9. The Hall–Kier alpha value is -3.71. The van der Waals surface area contributed by atoms with Gasteiger partial charge in [-0.3, -0.25) is 19.2 Å². The van der Waals surface area contributed by atoms with Gasteiger partial charge in [0.1, 0.15) is 29.9 Å². The molecule has 0 saturated carbocycles. The highest BCUT2D eigenvalue weighted by atomic mass is 16.4. The lowest BCUT2D eigenvalue weighted by molar-refractivity contribution is -0.144. The smallest absolute Gasteiger partial charge is 0.326 e. The number of aromatic hydroxyl groups is 1. The van der Waals surface area contributed by atoms with Crippen LogP contribution >= 0.6 is 0 Å². The number of rotatable bonds is 14. The van der Waals surface area contributed by atoms with Crippen LogP contribution in [0.1, 0.15) is 39.2 Å². The molecule has 0 radical (unpaired) electrons. The molecule has 0 bridgehead atoms. The largest absolute Gasteiger partial charge is 0.508 e. The van der Waals surface area contributed by atoms with Crippen LogP contribution in [-0.2, 0) is 30.4 Å². The van der Waals surface area contributed by atoms with Gasteiger partial charge in [-0.05, 0) is 30.5 Å². The van der Waals surface area contributed by atoms with Crippen molar-refractivity contribution in [2.24, 2.45) is 11.7 Å². The molecule has 6 unspecified atom stereocenters. The quantitative estimate of drug-likeness (QED) is 0.147. The summed E-state index contributed by atoms with van der Waals surface area (Å²) < 4.78 is 0. The van der Waals surface area contributed by atoms with E-state index >= 15 is 0 Å². The van der Waals surface area contributed by atoms with Gasteiger partial charge in [0.05, 0.1) is 12.5 Å². The van der Waals surface area contributed by atoms with Crippen molar-refractivity contribution in [1.82, 2.24) is 16.0 Å². The van der Waals surface area contributed by atoms with Gasteiger partial charge < -0.3 is 42.1 Å². The van der Waals surface area contributed by atoms with Crippen LogP contribution in [-0.4, -0.2) is 80.4 Å². The summed E-state index contributed by atoms with van der Waals surface area (Å²) >= 11 is 0. The molecule has 0 aliphatic carbocycles. The highest BCUT2D eigenvalue weighted by Crippen LogP contribution is 2.13. The fraction of sp³-hybridized carbons (Fsp3) is 0.522. The van der Waals surface area contributed by atoms with Crippen LogP contribution in [0.4, 0.5) is 0 Å². The first-order chi connectivity index (χ1) is 16.8. The number of aliphatic hydroxyl groups excluding tert-OH is 1. The zero-order valence-corrected chi connectivity index (χ0v) is 20.3. The molecule has 0 aliphatic rings. The lowest BCUT2D eigenvalue weighted by Gasteiger charge is -2.26. The number of amides is 3.